The molecule has 0 unspecified atom stereocenters. The van der Waals surface area contributed by atoms with Gasteiger partial charge in [-0.3, -0.25) is 4.79 Å². The van der Waals surface area contributed by atoms with Gasteiger partial charge >= 0.3 is 6.61 Å². The number of ketones is 1. The maximum absolute atomic E-state index is 12.4. The zero-order valence-corrected chi connectivity index (χ0v) is 14.2. The van der Waals surface area contributed by atoms with Crippen LogP contribution in [0.3, 0.4) is 0 Å². The van der Waals surface area contributed by atoms with E-state index in [1.165, 1.54) is 55.7 Å². The van der Waals surface area contributed by atoms with Gasteiger partial charge in [-0.25, -0.2) is 0 Å². The highest BCUT2D eigenvalue weighted by molar-refractivity contribution is 6.07. The van der Waals surface area contributed by atoms with Gasteiger partial charge < -0.3 is 19.3 Å². The van der Waals surface area contributed by atoms with Gasteiger partial charge in [0.2, 0.25) is 0 Å². The maximum Gasteiger partial charge on any atom is 0.387 e. The molecule has 0 spiro atoms. The molecule has 2 aromatic carbocycles. The summed E-state index contributed by atoms with van der Waals surface area (Å²) < 4.78 is 39.5. The molecule has 0 aliphatic carbocycles. The van der Waals surface area contributed by atoms with Gasteiger partial charge in [-0.2, -0.15) is 8.78 Å². The number of carbonyl (C=O) groups is 1. The van der Waals surface area contributed by atoms with Gasteiger partial charge in [0, 0.05) is 5.56 Å². The number of halogens is 2. The quantitative estimate of drug-likeness (QED) is 0.559. The monoisotopic (exact) mass is 364 g/mol. The summed E-state index contributed by atoms with van der Waals surface area (Å²) in [6.45, 7) is -0.961. The number of ether oxygens (including phenoxy) is 3. The maximum atomic E-state index is 12.4. The van der Waals surface area contributed by atoms with Gasteiger partial charge in [0.15, 0.2) is 28.8 Å². The molecule has 0 aliphatic rings. The second-order valence-electron chi connectivity index (χ2n) is 5.10. The first kappa shape index (κ1) is 19.2. The molecule has 0 fully saturated rings. The van der Waals surface area contributed by atoms with E-state index in [9.17, 15) is 18.7 Å². The van der Waals surface area contributed by atoms with Crippen LogP contribution >= 0.6 is 0 Å². The molecule has 26 heavy (non-hydrogen) atoms. The van der Waals surface area contributed by atoms with Crippen molar-refractivity contribution in [2.75, 3.05) is 13.7 Å². The standard InChI is InChI=1S/C19H18F2O5/c1-3-25-18-10-12(5-9-16(18)26-19(20)21)4-7-14(22)13-6-8-15(23)17(11-13)24-2/h4-11,19,23H,3H2,1-2H3. The lowest BCUT2D eigenvalue weighted by molar-refractivity contribution is -0.0514. The Morgan fingerprint density at radius 1 is 1.15 bits per heavy atom. The van der Waals surface area contributed by atoms with Gasteiger partial charge in [-0.15, -0.1) is 0 Å². The van der Waals surface area contributed by atoms with Crippen molar-refractivity contribution in [2.45, 2.75) is 13.5 Å². The fraction of sp³-hybridized carbons (Fsp3) is 0.211. The Morgan fingerprint density at radius 2 is 1.92 bits per heavy atom. The second kappa shape index (κ2) is 8.84. The summed E-state index contributed by atoms with van der Waals surface area (Å²) in [4.78, 5) is 12.2. The molecule has 2 rings (SSSR count). The molecular formula is C19H18F2O5. The van der Waals surface area contributed by atoms with Crippen molar-refractivity contribution in [2.24, 2.45) is 0 Å². The molecule has 1 N–H and O–H groups in total. The summed E-state index contributed by atoms with van der Waals surface area (Å²) in [5.41, 5.74) is 0.910. The highest BCUT2D eigenvalue weighted by Gasteiger charge is 2.11. The largest absolute Gasteiger partial charge is 0.504 e. The van der Waals surface area contributed by atoms with Crippen molar-refractivity contribution in [3.8, 4) is 23.0 Å². The van der Waals surface area contributed by atoms with Gasteiger partial charge in [0.25, 0.3) is 0 Å². The van der Waals surface area contributed by atoms with Gasteiger partial charge in [0.05, 0.1) is 13.7 Å². The number of hydrogen-bond donors (Lipinski definition) is 1. The Morgan fingerprint density at radius 3 is 2.58 bits per heavy atom. The second-order valence-corrected chi connectivity index (χ2v) is 5.10. The van der Waals surface area contributed by atoms with Gasteiger partial charge in [-0.05, 0) is 48.9 Å². The first-order chi connectivity index (χ1) is 12.4. The smallest absolute Gasteiger partial charge is 0.387 e. The third-order valence-electron chi connectivity index (χ3n) is 3.38. The minimum Gasteiger partial charge on any atom is -0.504 e. The molecule has 0 saturated carbocycles. The summed E-state index contributed by atoms with van der Waals surface area (Å²) >= 11 is 0. The van der Waals surface area contributed by atoms with Crippen LogP contribution < -0.4 is 14.2 Å². The molecule has 0 atom stereocenters. The molecule has 0 aromatic heterocycles. The van der Waals surface area contributed by atoms with E-state index in [-0.39, 0.29) is 35.4 Å². The number of allylic oxidation sites excluding steroid dienone is 1. The van der Waals surface area contributed by atoms with Gasteiger partial charge in [-0.1, -0.05) is 12.1 Å². The lowest BCUT2D eigenvalue weighted by Crippen LogP contribution is -2.04. The van der Waals surface area contributed by atoms with Crippen LogP contribution in [0.15, 0.2) is 42.5 Å². The molecule has 0 amide bonds. The summed E-state index contributed by atoms with van der Waals surface area (Å²) in [7, 11) is 1.39. The number of alkyl halides is 2. The molecule has 0 heterocycles. The zero-order valence-electron chi connectivity index (χ0n) is 14.2. The molecule has 0 aliphatic heterocycles. The van der Waals surface area contributed by atoms with E-state index in [2.05, 4.69) is 4.74 Å². The van der Waals surface area contributed by atoms with Crippen molar-refractivity contribution in [3.05, 3.63) is 53.6 Å². The number of hydrogen-bond acceptors (Lipinski definition) is 5. The molecule has 138 valence electrons. The van der Waals surface area contributed by atoms with Crippen molar-refractivity contribution < 1.29 is 32.9 Å². The molecule has 5 nitrogen and oxygen atoms in total. The number of rotatable bonds is 8. The van der Waals surface area contributed by atoms with E-state index in [4.69, 9.17) is 9.47 Å². The minimum atomic E-state index is -2.96. The number of benzene rings is 2. The summed E-state index contributed by atoms with van der Waals surface area (Å²) in [5, 5.41) is 9.56. The van der Waals surface area contributed by atoms with Crippen LogP contribution in [0, 0.1) is 0 Å². The Balaban J connectivity index is 2.21. The predicted octanol–water partition coefficient (Wildman–Crippen LogP) is 4.30. The molecule has 0 saturated heterocycles. The first-order valence-electron chi connectivity index (χ1n) is 7.75. The zero-order chi connectivity index (χ0) is 19.1. The highest BCUT2D eigenvalue weighted by Crippen LogP contribution is 2.30. The van der Waals surface area contributed by atoms with Crippen molar-refractivity contribution in [3.63, 3.8) is 0 Å². The Bertz CT molecular complexity index is 803. The number of carbonyl (C=O) groups excluding carboxylic acids is 1. The number of aromatic hydroxyl groups is 1. The van der Waals surface area contributed by atoms with E-state index in [0.29, 0.717) is 11.1 Å². The van der Waals surface area contributed by atoms with Crippen LogP contribution in [0.2, 0.25) is 0 Å². The van der Waals surface area contributed by atoms with E-state index in [1.807, 2.05) is 0 Å². The van der Waals surface area contributed by atoms with Crippen molar-refractivity contribution in [1.29, 1.82) is 0 Å². The third-order valence-corrected chi connectivity index (χ3v) is 3.38. The fourth-order valence-corrected chi connectivity index (χ4v) is 2.19. The molecule has 0 radical (unpaired) electrons. The SMILES string of the molecule is CCOc1cc(C=CC(=O)c2ccc(O)c(OC)c2)ccc1OC(F)F. The Hall–Kier alpha value is -3.09. The van der Waals surface area contributed by atoms with Crippen molar-refractivity contribution in [1.82, 2.24) is 0 Å². The fourth-order valence-electron chi connectivity index (χ4n) is 2.19. The van der Waals surface area contributed by atoms with Crippen molar-refractivity contribution >= 4 is 11.9 Å². The number of phenols is 1. The van der Waals surface area contributed by atoms with Crippen LogP contribution in [0.25, 0.3) is 6.08 Å². The molecular weight excluding hydrogens is 346 g/mol. The normalized spacial score (nSPS) is 11.0. The first-order valence-corrected chi connectivity index (χ1v) is 7.75. The van der Waals surface area contributed by atoms with Crippen LogP contribution in [0.4, 0.5) is 8.78 Å². The topological polar surface area (TPSA) is 65.0 Å². The average Bonchev–Trinajstić information content (AvgIpc) is 2.61. The lowest BCUT2D eigenvalue weighted by atomic mass is 10.1. The van der Waals surface area contributed by atoms with E-state index < -0.39 is 6.61 Å². The summed E-state index contributed by atoms with van der Waals surface area (Å²) in [5.74, 6) is -0.100. The number of phenolic OH excluding ortho intramolecular Hbond substituents is 1. The van der Waals surface area contributed by atoms with Crippen LogP contribution in [0.1, 0.15) is 22.8 Å². The summed E-state index contributed by atoms with van der Waals surface area (Å²) in [6, 6.07) is 8.64. The molecule has 7 heteroatoms. The average molecular weight is 364 g/mol. The molecule has 2 aromatic rings. The van der Waals surface area contributed by atoms with Gasteiger partial charge in [0.1, 0.15) is 0 Å². The molecule has 0 bridgehead atoms. The Labute approximate surface area is 149 Å². The highest BCUT2D eigenvalue weighted by atomic mass is 19.3. The van der Waals surface area contributed by atoms with E-state index in [0.717, 1.165) is 0 Å². The van der Waals surface area contributed by atoms with E-state index in [1.54, 1.807) is 6.92 Å². The van der Waals surface area contributed by atoms with Crippen LogP contribution in [-0.4, -0.2) is 31.2 Å². The lowest BCUT2D eigenvalue weighted by Gasteiger charge is -2.11. The Kier molecular flexibility index (Phi) is 6.54. The third kappa shape index (κ3) is 4.95. The van der Waals surface area contributed by atoms with Crippen LogP contribution in [-0.2, 0) is 0 Å². The number of methoxy groups -OCH3 is 1. The minimum absolute atomic E-state index is 0.0657. The van der Waals surface area contributed by atoms with E-state index >= 15 is 0 Å². The summed E-state index contributed by atoms with van der Waals surface area (Å²) in [6.07, 6.45) is 2.85. The van der Waals surface area contributed by atoms with Crippen LogP contribution in [0.5, 0.6) is 23.0 Å². The predicted molar refractivity (Wildman–Crippen MR) is 92.3 cm³/mol.